The number of allylic oxidation sites excluding steroid dienone is 3. The Balaban J connectivity index is 2.49. The van der Waals surface area contributed by atoms with Gasteiger partial charge in [-0.15, -0.1) is 0 Å². The first-order valence-corrected chi connectivity index (χ1v) is 3.50. The number of ether oxygens (including phenoxy) is 1. The summed E-state index contributed by atoms with van der Waals surface area (Å²) in [6.07, 6.45) is 7.68. The molecule has 6 N–H and O–H groups in total. The van der Waals surface area contributed by atoms with Gasteiger partial charge in [-0.3, -0.25) is 17.2 Å². The van der Waals surface area contributed by atoms with Crippen LogP contribution in [0.15, 0.2) is 24.0 Å². The Kier molecular flexibility index (Phi) is 2.28. The maximum absolute atomic E-state index is 5.22. The van der Waals surface area contributed by atoms with Crippen LogP contribution in [0.2, 0.25) is 0 Å². The standard InChI is InChI=1S/C7H13N3O/c8-7(9,10)11-6-4-2-1-3-5-6/h2,4-5H,1,3,8-10H2. The van der Waals surface area contributed by atoms with Gasteiger partial charge in [-0.1, -0.05) is 6.08 Å². The molecule has 0 fully saturated rings. The van der Waals surface area contributed by atoms with E-state index in [0.717, 1.165) is 12.8 Å². The van der Waals surface area contributed by atoms with Gasteiger partial charge in [0.15, 0.2) is 0 Å². The molecule has 0 atom stereocenters. The smallest absolute Gasteiger partial charge is 0.271 e. The molecule has 0 amide bonds. The van der Waals surface area contributed by atoms with E-state index < -0.39 is 5.97 Å². The molecule has 1 aliphatic carbocycles. The zero-order valence-corrected chi connectivity index (χ0v) is 6.29. The Bertz CT molecular complexity index is 190. The maximum atomic E-state index is 5.22. The lowest BCUT2D eigenvalue weighted by Crippen LogP contribution is -2.59. The van der Waals surface area contributed by atoms with E-state index in [4.69, 9.17) is 21.9 Å². The van der Waals surface area contributed by atoms with Crippen molar-refractivity contribution in [2.45, 2.75) is 18.8 Å². The second kappa shape index (κ2) is 3.04. The molecule has 0 spiro atoms. The molecule has 0 aliphatic heterocycles. The molecular weight excluding hydrogens is 142 g/mol. The van der Waals surface area contributed by atoms with Crippen LogP contribution in [0.3, 0.4) is 0 Å². The summed E-state index contributed by atoms with van der Waals surface area (Å²) in [5, 5.41) is 0. The van der Waals surface area contributed by atoms with E-state index in [-0.39, 0.29) is 0 Å². The second-order valence-electron chi connectivity index (χ2n) is 2.54. The van der Waals surface area contributed by atoms with Crippen LogP contribution in [0.5, 0.6) is 0 Å². The Hall–Kier alpha value is -0.840. The van der Waals surface area contributed by atoms with E-state index in [2.05, 4.69) is 0 Å². The molecule has 0 saturated heterocycles. The molecule has 0 bridgehead atoms. The van der Waals surface area contributed by atoms with Crippen molar-refractivity contribution in [2.24, 2.45) is 17.2 Å². The lowest BCUT2D eigenvalue weighted by Gasteiger charge is -2.21. The fourth-order valence-electron chi connectivity index (χ4n) is 0.869. The molecular formula is C7H13N3O. The maximum Gasteiger partial charge on any atom is 0.271 e. The third-order valence-corrected chi connectivity index (χ3v) is 1.26. The predicted molar refractivity (Wildman–Crippen MR) is 42.8 cm³/mol. The van der Waals surface area contributed by atoms with Crippen LogP contribution in [0.4, 0.5) is 0 Å². The summed E-state index contributed by atoms with van der Waals surface area (Å²) in [4.78, 5) is 0. The first kappa shape index (κ1) is 8.26. The Morgan fingerprint density at radius 2 is 2.00 bits per heavy atom. The molecule has 0 unspecified atom stereocenters. The second-order valence-corrected chi connectivity index (χ2v) is 2.54. The zero-order valence-electron chi connectivity index (χ0n) is 6.29. The molecule has 4 heteroatoms. The highest BCUT2D eigenvalue weighted by Crippen LogP contribution is 2.11. The third kappa shape index (κ3) is 3.18. The van der Waals surface area contributed by atoms with Gasteiger partial charge < -0.3 is 4.74 Å². The van der Waals surface area contributed by atoms with Crippen LogP contribution in [0, 0.1) is 0 Å². The van der Waals surface area contributed by atoms with E-state index in [1.165, 1.54) is 0 Å². The van der Waals surface area contributed by atoms with Crippen molar-refractivity contribution < 1.29 is 4.74 Å². The quantitative estimate of drug-likeness (QED) is 0.479. The molecule has 0 aromatic carbocycles. The molecule has 62 valence electrons. The van der Waals surface area contributed by atoms with E-state index in [0.29, 0.717) is 5.76 Å². The van der Waals surface area contributed by atoms with E-state index in [1.54, 1.807) is 0 Å². The van der Waals surface area contributed by atoms with Gasteiger partial charge in [0.25, 0.3) is 5.97 Å². The molecule has 0 radical (unpaired) electrons. The van der Waals surface area contributed by atoms with Gasteiger partial charge in [0, 0.05) is 0 Å². The fourth-order valence-corrected chi connectivity index (χ4v) is 0.869. The third-order valence-electron chi connectivity index (χ3n) is 1.26. The molecule has 1 rings (SSSR count). The van der Waals surface area contributed by atoms with Crippen LogP contribution in [0.1, 0.15) is 12.8 Å². The van der Waals surface area contributed by atoms with Gasteiger partial charge in [0.05, 0.1) is 0 Å². The van der Waals surface area contributed by atoms with E-state index >= 15 is 0 Å². The van der Waals surface area contributed by atoms with Gasteiger partial charge in [-0.05, 0) is 25.0 Å². The van der Waals surface area contributed by atoms with Gasteiger partial charge in [0.2, 0.25) is 0 Å². The number of hydrogen-bond donors (Lipinski definition) is 3. The minimum Gasteiger partial charge on any atom is -0.447 e. The first-order valence-electron chi connectivity index (χ1n) is 3.50. The normalized spacial score (nSPS) is 17.9. The summed E-state index contributed by atoms with van der Waals surface area (Å²) < 4.78 is 4.99. The number of hydrogen-bond acceptors (Lipinski definition) is 4. The summed E-state index contributed by atoms with van der Waals surface area (Å²) in [7, 11) is 0. The van der Waals surface area contributed by atoms with Gasteiger partial charge in [-0.25, -0.2) is 0 Å². The molecule has 0 aromatic heterocycles. The highest BCUT2D eigenvalue weighted by molar-refractivity contribution is 5.16. The van der Waals surface area contributed by atoms with Crippen molar-refractivity contribution in [1.82, 2.24) is 0 Å². The summed E-state index contributed by atoms with van der Waals surface area (Å²) in [5.41, 5.74) is 15.7. The van der Waals surface area contributed by atoms with Gasteiger partial charge in [-0.2, -0.15) is 0 Å². The van der Waals surface area contributed by atoms with E-state index in [9.17, 15) is 0 Å². The van der Waals surface area contributed by atoms with Crippen LogP contribution in [0.25, 0.3) is 0 Å². The van der Waals surface area contributed by atoms with Crippen LogP contribution in [-0.2, 0) is 4.74 Å². The summed E-state index contributed by atoms with van der Waals surface area (Å²) in [6.45, 7) is 0. The van der Waals surface area contributed by atoms with Crippen molar-refractivity contribution >= 4 is 0 Å². The SMILES string of the molecule is NC(N)(N)OC1=CCCC=C1. The minimum absolute atomic E-state index is 0.642. The van der Waals surface area contributed by atoms with Gasteiger partial charge in [0.1, 0.15) is 5.76 Å². The molecule has 11 heavy (non-hydrogen) atoms. The van der Waals surface area contributed by atoms with Crippen LogP contribution >= 0.6 is 0 Å². The topological polar surface area (TPSA) is 87.3 Å². The predicted octanol–water partition coefficient (Wildman–Crippen LogP) is -0.276. The van der Waals surface area contributed by atoms with Crippen molar-refractivity contribution in [2.75, 3.05) is 0 Å². The molecule has 0 heterocycles. The van der Waals surface area contributed by atoms with Crippen molar-refractivity contribution in [3.8, 4) is 0 Å². The summed E-state index contributed by atoms with van der Waals surface area (Å²) >= 11 is 0. The first-order chi connectivity index (χ1) is 5.08. The molecule has 0 aromatic rings. The molecule has 1 aliphatic rings. The Morgan fingerprint density at radius 3 is 2.45 bits per heavy atom. The average Bonchev–Trinajstić information content (AvgIpc) is 1.85. The molecule has 4 nitrogen and oxygen atoms in total. The fraction of sp³-hybridized carbons (Fsp3) is 0.429. The monoisotopic (exact) mass is 155 g/mol. The minimum atomic E-state index is -1.56. The Labute approximate surface area is 65.7 Å². The number of nitrogens with two attached hydrogens (primary N) is 3. The van der Waals surface area contributed by atoms with Crippen LogP contribution < -0.4 is 17.2 Å². The zero-order chi connectivity index (χ0) is 8.32. The Morgan fingerprint density at radius 1 is 1.27 bits per heavy atom. The van der Waals surface area contributed by atoms with Crippen molar-refractivity contribution in [3.05, 3.63) is 24.0 Å². The number of rotatable bonds is 2. The van der Waals surface area contributed by atoms with Crippen LogP contribution in [-0.4, -0.2) is 5.97 Å². The lowest BCUT2D eigenvalue weighted by atomic mass is 10.2. The molecule has 0 saturated carbocycles. The lowest BCUT2D eigenvalue weighted by molar-refractivity contribution is 0.0242. The average molecular weight is 155 g/mol. The van der Waals surface area contributed by atoms with Gasteiger partial charge >= 0.3 is 0 Å². The summed E-state index contributed by atoms with van der Waals surface area (Å²) in [6, 6.07) is 0. The highest BCUT2D eigenvalue weighted by Gasteiger charge is 2.13. The van der Waals surface area contributed by atoms with Crippen molar-refractivity contribution in [3.63, 3.8) is 0 Å². The summed E-state index contributed by atoms with van der Waals surface area (Å²) in [5.74, 6) is -0.920. The van der Waals surface area contributed by atoms with Crippen molar-refractivity contribution in [1.29, 1.82) is 0 Å². The largest absolute Gasteiger partial charge is 0.447 e. The highest BCUT2D eigenvalue weighted by atomic mass is 16.5. The van der Waals surface area contributed by atoms with E-state index in [1.807, 2.05) is 18.2 Å².